The summed E-state index contributed by atoms with van der Waals surface area (Å²) in [5.41, 5.74) is 1.95. The van der Waals surface area contributed by atoms with E-state index in [4.69, 9.17) is 0 Å². The SMILES string of the molecule is CNC1CCN(C(=O)CSCC(=O)Nc2ccc(C)cc2)CC1.Cl. The summed E-state index contributed by atoms with van der Waals surface area (Å²) in [5, 5.41) is 6.09. The number of likely N-dealkylation sites (tertiary alicyclic amines) is 1. The monoisotopic (exact) mass is 371 g/mol. The van der Waals surface area contributed by atoms with Crippen molar-refractivity contribution in [3.63, 3.8) is 0 Å². The summed E-state index contributed by atoms with van der Waals surface area (Å²) >= 11 is 1.37. The van der Waals surface area contributed by atoms with E-state index >= 15 is 0 Å². The summed E-state index contributed by atoms with van der Waals surface area (Å²) in [6, 6.07) is 8.21. The zero-order chi connectivity index (χ0) is 16.7. The fourth-order valence-electron chi connectivity index (χ4n) is 2.57. The van der Waals surface area contributed by atoms with Crippen molar-refractivity contribution < 1.29 is 9.59 Å². The fraction of sp³-hybridized carbons (Fsp3) is 0.529. The molecule has 1 fully saturated rings. The molecule has 2 rings (SSSR count). The predicted molar refractivity (Wildman–Crippen MR) is 103 cm³/mol. The maximum absolute atomic E-state index is 12.1. The average molecular weight is 372 g/mol. The highest BCUT2D eigenvalue weighted by Gasteiger charge is 2.21. The van der Waals surface area contributed by atoms with Crippen molar-refractivity contribution in [3.05, 3.63) is 29.8 Å². The van der Waals surface area contributed by atoms with Gasteiger partial charge in [0.25, 0.3) is 0 Å². The number of carbonyl (C=O) groups is 2. The van der Waals surface area contributed by atoms with Crippen LogP contribution in [0.2, 0.25) is 0 Å². The normalized spacial score (nSPS) is 14.8. The van der Waals surface area contributed by atoms with Gasteiger partial charge in [-0.25, -0.2) is 0 Å². The molecule has 0 aromatic heterocycles. The minimum absolute atomic E-state index is 0. The minimum Gasteiger partial charge on any atom is -0.342 e. The standard InChI is InChI=1S/C17H25N3O2S.ClH/c1-13-3-5-15(6-4-13)19-16(21)11-23-12-17(22)20-9-7-14(18-2)8-10-20;/h3-6,14,18H,7-12H2,1-2H3,(H,19,21);1H. The van der Waals surface area contributed by atoms with Crippen molar-refractivity contribution in [1.29, 1.82) is 0 Å². The third-order valence-corrected chi connectivity index (χ3v) is 4.97. The lowest BCUT2D eigenvalue weighted by molar-refractivity contribution is -0.129. The lowest BCUT2D eigenvalue weighted by atomic mass is 10.1. The van der Waals surface area contributed by atoms with Crippen molar-refractivity contribution in [2.45, 2.75) is 25.8 Å². The van der Waals surface area contributed by atoms with Gasteiger partial charge in [-0.1, -0.05) is 17.7 Å². The first-order valence-corrected chi connectivity index (χ1v) is 9.13. The van der Waals surface area contributed by atoms with Gasteiger partial charge < -0.3 is 15.5 Å². The van der Waals surface area contributed by atoms with Crippen LogP contribution in [0.1, 0.15) is 18.4 Å². The Bertz CT molecular complexity index is 531. The van der Waals surface area contributed by atoms with Gasteiger partial charge in [-0.05, 0) is 38.9 Å². The summed E-state index contributed by atoms with van der Waals surface area (Å²) < 4.78 is 0. The Balaban J connectivity index is 0.00000288. The average Bonchev–Trinajstić information content (AvgIpc) is 2.57. The summed E-state index contributed by atoms with van der Waals surface area (Å²) in [6.07, 6.45) is 2.00. The van der Waals surface area contributed by atoms with Gasteiger partial charge in [0, 0.05) is 24.8 Å². The van der Waals surface area contributed by atoms with Gasteiger partial charge in [0.2, 0.25) is 11.8 Å². The molecule has 0 unspecified atom stereocenters. The number of thioether (sulfide) groups is 1. The van der Waals surface area contributed by atoms with Crippen molar-refractivity contribution >= 4 is 41.7 Å². The first-order chi connectivity index (χ1) is 11.1. The number of piperidine rings is 1. The Labute approximate surface area is 154 Å². The molecule has 134 valence electrons. The number of hydrogen-bond acceptors (Lipinski definition) is 4. The lowest BCUT2D eigenvalue weighted by Gasteiger charge is -2.31. The summed E-state index contributed by atoms with van der Waals surface area (Å²) in [7, 11) is 1.96. The highest BCUT2D eigenvalue weighted by Crippen LogP contribution is 2.13. The number of amides is 2. The van der Waals surface area contributed by atoms with Gasteiger partial charge >= 0.3 is 0 Å². The van der Waals surface area contributed by atoms with Gasteiger partial charge in [0.1, 0.15) is 0 Å². The zero-order valence-corrected chi connectivity index (χ0v) is 15.8. The molecule has 24 heavy (non-hydrogen) atoms. The van der Waals surface area contributed by atoms with E-state index in [-0.39, 0.29) is 24.2 Å². The number of rotatable bonds is 6. The summed E-state index contributed by atoms with van der Waals surface area (Å²) in [6.45, 7) is 3.62. The third kappa shape index (κ3) is 6.71. The van der Waals surface area contributed by atoms with E-state index in [0.29, 0.717) is 17.5 Å². The van der Waals surface area contributed by atoms with E-state index in [1.165, 1.54) is 11.8 Å². The van der Waals surface area contributed by atoms with E-state index in [1.54, 1.807) is 0 Å². The number of halogens is 1. The van der Waals surface area contributed by atoms with Gasteiger partial charge in [-0.3, -0.25) is 9.59 Å². The molecule has 1 aromatic rings. The molecule has 1 aliphatic heterocycles. The Hall–Kier alpha value is -1.24. The van der Waals surface area contributed by atoms with Gasteiger partial charge in [-0.15, -0.1) is 24.2 Å². The first-order valence-electron chi connectivity index (χ1n) is 7.98. The molecular formula is C17H26ClN3O2S. The molecule has 0 spiro atoms. The predicted octanol–water partition coefficient (Wildman–Crippen LogP) is 2.30. The van der Waals surface area contributed by atoms with Crippen LogP contribution < -0.4 is 10.6 Å². The first kappa shape index (κ1) is 20.8. The third-order valence-electron chi connectivity index (χ3n) is 4.05. The molecule has 7 heteroatoms. The van der Waals surface area contributed by atoms with Crippen LogP contribution in [-0.4, -0.2) is 54.4 Å². The number of benzene rings is 1. The van der Waals surface area contributed by atoms with Crippen molar-refractivity contribution in [2.24, 2.45) is 0 Å². The number of nitrogens with one attached hydrogen (secondary N) is 2. The van der Waals surface area contributed by atoms with E-state index in [1.807, 2.05) is 43.1 Å². The van der Waals surface area contributed by atoms with E-state index < -0.39 is 0 Å². The number of aryl methyl sites for hydroxylation is 1. The smallest absolute Gasteiger partial charge is 0.234 e. The largest absolute Gasteiger partial charge is 0.342 e. The number of carbonyl (C=O) groups excluding carboxylic acids is 2. The Kier molecular flexibility index (Phi) is 9.18. The summed E-state index contributed by atoms with van der Waals surface area (Å²) in [4.78, 5) is 25.9. The van der Waals surface area contributed by atoms with Crippen LogP contribution in [0.15, 0.2) is 24.3 Å². The molecule has 0 bridgehead atoms. The zero-order valence-electron chi connectivity index (χ0n) is 14.2. The van der Waals surface area contributed by atoms with E-state index in [0.717, 1.165) is 37.2 Å². The van der Waals surface area contributed by atoms with Gasteiger partial charge in [-0.2, -0.15) is 0 Å². The van der Waals surface area contributed by atoms with Crippen LogP contribution in [0.4, 0.5) is 5.69 Å². The van der Waals surface area contributed by atoms with Crippen LogP contribution in [0.5, 0.6) is 0 Å². The fourth-order valence-corrected chi connectivity index (χ4v) is 3.29. The second-order valence-corrected chi connectivity index (χ2v) is 6.84. The Morgan fingerprint density at radius 2 is 1.79 bits per heavy atom. The molecule has 0 aliphatic carbocycles. The molecule has 0 radical (unpaired) electrons. The van der Waals surface area contributed by atoms with Gasteiger partial charge in [0.15, 0.2) is 0 Å². The maximum atomic E-state index is 12.1. The quantitative estimate of drug-likeness (QED) is 0.805. The number of hydrogen-bond donors (Lipinski definition) is 2. The second-order valence-electron chi connectivity index (χ2n) is 5.85. The summed E-state index contributed by atoms with van der Waals surface area (Å²) in [5.74, 6) is 0.728. The second kappa shape index (κ2) is 10.6. The molecule has 5 nitrogen and oxygen atoms in total. The molecular weight excluding hydrogens is 346 g/mol. The maximum Gasteiger partial charge on any atom is 0.234 e. The molecule has 2 N–H and O–H groups in total. The molecule has 1 aliphatic rings. The lowest BCUT2D eigenvalue weighted by Crippen LogP contribution is -2.44. The minimum atomic E-state index is -0.0689. The number of anilines is 1. The van der Waals surface area contributed by atoms with Crippen molar-refractivity contribution in [2.75, 3.05) is 37.0 Å². The molecule has 1 heterocycles. The molecule has 0 saturated carbocycles. The topological polar surface area (TPSA) is 61.4 Å². The van der Waals surface area contributed by atoms with Crippen molar-refractivity contribution in [3.8, 4) is 0 Å². The molecule has 1 aromatic carbocycles. The van der Waals surface area contributed by atoms with E-state index in [9.17, 15) is 9.59 Å². The highest BCUT2D eigenvalue weighted by molar-refractivity contribution is 8.00. The van der Waals surface area contributed by atoms with E-state index in [2.05, 4.69) is 10.6 Å². The van der Waals surface area contributed by atoms with Crippen molar-refractivity contribution in [1.82, 2.24) is 10.2 Å². The van der Waals surface area contributed by atoms with Gasteiger partial charge in [0.05, 0.1) is 11.5 Å². The molecule has 2 amide bonds. The Morgan fingerprint density at radius 3 is 2.38 bits per heavy atom. The van der Waals surface area contributed by atoms with Crippen LogP contribution in [-0.2, 0) is 9.59 Å². The number of nitrogens with zero attached hydrogens (tertiary/aromatic N) is 1. The van der Waals surface area contributed by atoms with Crippen LogP contribution >= 0.6 is 24.2 Å². The molecule has 0 atom stereocenters. The highest BCUT2D eigenvalue weighted by atomic mass is 35.5. The van der Waals surface area contributed by atoms with Crippen LogP contribution in [0.3, 0.4) is 0 Å². The van der Waals surface area contributed by atoms with Crippen LogP contribution in [0, 0.1) is 6.92 Å². The molecule has 1 saturated heterocycles. The Morgan fingerprint density at radius 1 is 1.17 bits per heavy atom. The van der Waals surface area contributed by atoms with Crippen LogP contribution in [0.25, 0.3) is 0 Å².